The quantitative estimate of drug-likeness (QED) is 0.555. The number of hydrogen-bond acceptors (Lipinski definition) is 4. The standard InChI is InChI=1S/C12H14N2O3/c1-8-10-6-9(16)2-3-12(10)17-14-11(8)4-5-13-7-15/h3,6-7,14H,2,4-5H2,1H3,(H,13,15). The zero-order chi connectivity index (χ0) is 12.3. The van der Waals surface area contributed by atoms with Crippen LogP contribution in [0.3, 0.4) is 0 Å². The number of hydroxylamine groups is 1. The van der Waals surface area contributed by atoms with Crippen molar-refractivity contribution in [2.75, 3.05) is 6.54 Å². The predicted octanol–water partition coefficient (Wildman–Crippen LogP) is 0.714. The Hall–Kier alpha value is -2.04. The summed E-state index contributed by atoms with van der Waals surface area (Å²) in [4.78, 5) is 26.9. The number of amides is 1. The van der Waals surface area contributed by atoms with Gasteiger partial charge in [-0.1, -0.05) is 0 Å². The van der Waals surface area contributed by atoms with Gasteiger partial charge in [0.15, 0.2) is 11.5 Å². The maximum absolute atomic E-state index is 11.4. The van der Waals surface area contributed by atoms with E-state index in [4.69, 9.17) is 4.84 Å². The molecule has 5 nitrogen and oxygen atoms in total. The molecule has 1 heterocycles. The van der Waals surface area contributed by atoms with Crippen LogP contribution < -0.4 is 10.8 Å². The Bertz CT molecular complexity index is 447. The van der Waals surface area contributed by atoms with Crippen LogP contribution in [-0.2, 0) is 14.4 Å². The van der Waals surface area contributed by atoms with Gasteiger partial charge in [0, 0.05) is 25.0 Å². The molecule has 2 aliphatic rings. The van der Waals surface area contributed by atoms with Gasteiger partial charge in [-0.05, 0) is 24.6 Å². The third-order valence-electron chi connectivity index (χ3n) is 2.80. The number of rotatable bonds is 4. The Labute approximate surface area is 99.2 Å². The van der Waals surface area contributed by atoms with Crippen molar-refractivity contribution in [1.29, 1.82) is 0 Å². The monoisotopic (exact) mass is 234 g/mol. The van der Waals surface area contributed by atoms with Crippen LogP contribution in [0.2, 0.25) is 0 Å². The summed E-state index contributed by atoms with van der Waals surface area (Å²) in [5.41, 5.74) is 5.56. The fraction of sp³-hybridized carbons (Fsp3) is 0.333. The highest BCUT2D eigenvalue weighted by Gasteiger charge is 2.23. The van der Waals surface area contributed by atoms with Crippen LogP contribution in [0.5, 0.6) is 0 Å². The molecule has 1 amide bonds. The molecule has 0 spiro atoms. The molecule has 0 saturated heterocycles. The number of fused-ring (bicyclic) bond motifs is 1. The number of carbonyl (C=O) groups is 2. The molecule has 0 aromatic rings. The Morgan fingerprint density at radius 1 is 1.59 bits per heavy atom. The van der Waals surface area contributed by atoms with Gasteiger partial charge in [0.2, 0.25) is 6.41 Å². The van der Waals surface area contributed by atoms with Crippen molar-refractivity contribution in [2.24, 2.45) is 0 Å². The van der Waals surface area contributed by atoms with Gasteiger partial charge in [-0.3, -0.25) is 9.59 Å². The maximum atomic E-state index is 11.4. The minimum absolute atomic E-state index is 0.0824. The minimum Gasteiger partial charge on any atom is -0.382 e. The van der Waals surface area contributed by atoms with Gasteiger partial charge < -0.3 is 10.2 Å². The molecule has 0 saturated carbocycles. The first kappa shape index (κ1) is 11.4. The van der Waals surface area contributed by atoms with Crippen LogP contribution in [-0.4, -0.2) is 18.7 Å². The fourth-order valence-corrected chi connectivity index (χ4v) is 1.83. The molecule has 0 unspecified atom stereocenters. The fourth-order valence-electron chi connectivity index (χ4n) is 1.83. The van der Waals surface area contributed by atoms with Crippen LogP contribution in [0.25, 0.3) is 0 Å². The lowest BCUT2D eigenvalue weighted by molar-refractivity contribution is -0.114. The van der Waals surface area contributed by atoms with E-state index in [0.29, 0.717) is 31.6 Å². The number of carbonyl (C=O) groups excluding carboxylic acids is 2. The van der Waals surface area contributed by atoms with Crippen molar-refractivity contribution >= 4 is 12.2 Å². The van der Waals surface area contributed by atoms with Crippen molar-refractivity contribution in [3.63, 3.8) is 0 Å². The Kier molecular flexibility index (Phi) is 3.27. The van der Waals surface area contributed by atoms with Gasteiger partial charge >= 0.3 is 0 Å². The van der Waals surface area contributed by atoms with Gasteiger partial charge in [-0.15, -0.1) is 0 Å². The smallest absolute Gasteiger partial charge is 0.207 e. The zero-order valence-electron chi connectivity index (χ0n) is 9.58. The zero-order valence-corrected chi connectivity index (χ0v) is 9.58. The molecule has 90 valence electrons. The number of nitrogens with one attached hydrogen (secondary N) is 2. The first-order chi connectivity index (χ1) is 8.22. The molecule has 5 heteroatoms. The number of ketones is 1. The molecule has 0 aromatic heterocycles. The van der Waals surface area contributed by atoms with Crippen LogP contribution in [0.4, 0.5) is 0 Å². The van der Waals surface area contributed by atoms with Crippen LogP contribution in [0.15, 0.2) is 34.8 Å². The normalized spacial score (nSPS) is 18.5. The summed E-state index contributed by atoms with van der Waals surface area (Å²) in [6.07, 6.45) is 5.07. The van der Waals surface area contributed by atoms with E-state index in [1.54, 1.807) is 12.2 Å². The van der Waals surface area contributed by atoms with Gasteiger partial charge in [0.1, 0.15) is 0 Å². The second-order valence-electron chi connectivity index (χ2n) is 3.93. The van der Waals surface area contributed by atoms with E-state index in [2.05, 4.69) is 10.8 Å². The Morgan fingerprint density at radius 2 is 2.41 bits per heavy atom. The molecule has 17 heavy (non-hydrogen) atoms. The summed E-state index contributed by atoms with van der Waals surface area (Å²) >= 11 is 0. The average molecular weight is 234 g/mol. The number of allylic oxidation sites excluding steroid dienone is 3. The summed E-state index contributed by atoms with van der Waals surface area (Å²) in [6, 6.07) is 0. The van der Waals surface area contributed by atoms with Gasteiger partial charge in [-0.2, -0.15) is 0 Å². The minimum atomic E-state index is 0.0824. The molecule has 0 bridgehead atoms. The topological polar surface area (TPSA) is 67.4 Å². The molecule has 1 aliphatic heterocycles. The van der Waals surface area contributed by atoms with Crippen LogP contribution in [0, 0.1) is 0 Å². The lowest BCUT2D eigenvalue weighted by Gasteiger charge is -2.26. The lowest BCUT2D eigenvalue weighted by atomic mass is 9.95. The van der Waals surface area contributed by atoms with E-state index in [1.807, 2.05) is 6.92 Å². The predicted molar refractivity (Wildman–Crippen MR) is 61.4 cm³/mol. The van der Waals surface area contributed by atoms with Crippen molar-refractivity contribution in [3.8, 4) is 0 Å². The Balaban J connectivity index is 2.18. The van der Waals surface area contributed by atoms with Crippen LogP contribution >= 0.6 is 0 Å². The van der Waals surface area contributed by atoms with Gasteiger partial charge in [0.05, 0.1) is 5.70 Å². The van der Waals surface area contributed by atoms with Gasteiger partial charge in [0.25, 0.3) is 0 Å². The molecule has 0 fully saturated rings. The van der Waals surface area contributed by atoms with E-state index in [9.17, 15) is 9.59 Å². The first-order valence-corrected chi connectivity index (χ1v) is 5.47. The van der Waals surface area contributed by atoms with Crippen LogP contribution in [0.1, 0.15) is 19.8 Å². The molecule has 2 rings (SSSR count). The van der Waals surface area contributed by atoms with E-state index in [1.165, 1.54) is 0 Å². The summed E-state index contributed by atoms with van der Waals surface area (Å²) in [5.74, 6) is 0.785. The van der Waals surface area contributed by atoms with Gasteiger partial charge in [-0.25, -0.2) is 5.48 Å². The van der Waals surface area contributed by atoms with Crippen molar-refractivity contribution in [1.82, 2.24) is 10.8 Å². The highest BCUT2D eigenvalue weighted by molar-refractivity contribution is 5.94. The van der Waals surface area contributed by atoms with E-state index in [-0.39, 0.29) is 5.78 Å². The summed E-state index contributed by atoms with van der Waals surface area (Å²) in [6.45, 7) is 2.47. The summed E-state index contributed by atoms with van der Waals surface area (Å²) in [5, 5.41) is 2.59. The Morgan fingerprint density at radius 3 is 3.18 bits per heavy atom. The van der Waals surface area contributed by atoms with E-state index in [0.717, 1.165) is 16.8 Å². The third-order valence-corrected chi connectivity index (χ3v) is 2.80. The van der Waals surface area contributed by atoms with E-state index < -0.39 is 0 Å². The number of hydrogen-bond donors (Lipinski definition) is 2. The SMILES string of the molecule is CC1=C(CCNC=O)NOC2=CCC(=O)C=C21. The van der Waals surface area contributed by atoms with Crippen molar-refractivity contribution < 1.29 is 14.4 Å². The summed E-state index contributed by atoms with van der Waals surface area (Å²) < 4.78 is 0. The largest absolute Gasteiger partial charge is 0.382 e. The second kappa shape index (κ2) is 4.86. The second-order valence-corrected chi connectivity index (χ2v) is 3.93. The molecular formula is C12H14N2O3. The molecule has 1 aliphatic carbocycles. The molecule has 0 aromatic carbocycles. The van der Waals surface area contributed by atoms with Crippen molar-refractivity contribution in [2.45, 2.75) is 19.8 Å². The maximum Gasteiger partial charge on any atom is 0.207 e. The van der Waals surface area contributed by atoms with E-state index >= 15 is 0 Å². The lowest BCUT2D eigenvalue weighted by Crippen LogP contribution is -2.27. The molecule has 2 N–H and O–H groups in total. The summed E-state index contributed by atoms with van der Waals surface area (Å²) in [7, 11) is 0. The average Bonchev–Trinajstić information content (AvgIpc) is 2.33. The first-order valence-electron chi connectivity index (χ1n) is 5.47. The highest BCUT2D eigenvalue weighted by Crippen LogP contribution is 2.30. The molecule has 0 radical (unpaired) electrons. The molecule has 0 atom stereocenters. The molecular weight excluding hydrogens is 220 g/mol. The highest BCUT2D eigenvalue weighted by atomic mass is 16.6. The van der Waals surface area contributed by atoms with Crippen molar-refractivity contribution in [3.05, 3.63) is 34.8 Å². The third kappa shape index (κ3) is 2.38.